The van der Waals surface area contributed by atoms with Gasteiger partial charge in [0.05, 0.1) is 37.8 Å². The molecule has 1 aromatic heterocycles. The fourth-order valence-electron chi connectivity index (χ4n) is 3.16. The third kappa shape index (κ3) is 3.71. The maximum Gasteiger partial charge on any atom is 0.246 e. The SMILES string of the molecule is Cc1nn(CC(=O)N2CCOCC2)c(C)c1S(=O)(=O)N1CCOCC1. The van der Waals surface area contributed by atoms with Crippen molar-refractivity contribution in [2.24, 2.45) is 0 Å². The van der Waals surface area contributed by atoms with E-state index in [1.165, 1.54) is 8.99 Å². The van der Waals surface area contributed by atoms with Gasteiger partial charge in [-0.25, -0.2) is 8.42 Å². The molecule has 0 bridgehead atoms. The summed E-state index contributed by atoms with van der Waals surface area (Å²) in [5, 5.41) is 4.31. The van der Waals surface area contributed by atoms with Gasteiger partial charge < -0.3 is 14.4 Å². The molecule has 0 atom stereocenters. The highest BCUT2D eigenvalue weighted by atomic mass is 32.2. The molecule has 0 unspecified atom stereocenters. The van der Waals surface area contributed by atoms with Gasteiger partial charge in [-0.05, 0) is 13.8 Å². The molecule has 1 aromatic rings. The van der Waals surface area contributed by atoms with Gasteiger partial charge in [0, 0.05) is 26.2 Å². The molecule has 3 heterocycles. The summed E-state index contributed by atoms with van der Waals surface area (Å²) in [5.41, 5.74) is 0.907. The molecular formula is C15H24N4O5S. The van der Waals surface area contributed by atoms with Crippen LogP contribution in [0.3, 0.4) is 0 Å². The Labute approximate surface area is 147 Å². The third-order valence-electron chi connectivity index (χ3n) is 4.53. The highest BCUT2D eigenvalue weighted by Gasteiger charge is 2.32. The summed E-state index contributed by atoms with van der Waals surface area (Å²) >= 11 is 0. The lowest BCUT2D eigenvalue weighted by Gasteiger charge is -2.27. The van der Waals surface area contributed by atoms with Crippen LogP contribution < -0.4 is 0 Å². The molecule has 25 heavy (non-hydrogen) atoms. The Bertz CT molecular complexity index is 733. The lowest BCUT2D eigenvalue weighted by Crippen LogP contribution is -2.42. The number of rotatable bonds is 4. The molecule has 9 nitrogen and oxygen atoms in total. The quantitative estimate of drug-likeness (QED) is 0.699. The number of ether oxygens (including phenoxy) is 2. The number of carbonyl (C=O) groups excluding carboxylic acids is 1. The number of morpholine rings is 2. The minimum atomic E-state index is -3.64. The van der Waals surface area contributed by atoms with Crippen molar-refractivity contribution in [2.45, 2.75) is 25.3 Å². The number of hydrogen-bond acceptors (Lipinski definition) is 6. The zero-order chi connectivity index (χ0) is 18.0. The van der Waals surface area contributed by atoms with Gasteiger partial charge in [0.25, 0.3) is 0 Å². The van der Waals surface area contributed by atoms with Crippen LogP contribution in [-0.4, -0.2) is 85.9 Å². The van der Waals surface area contributed by atoms with Crippen molar-refractivity contribution in [1.82, 2.24) is 19.0 Å². The Morgan fingerprint density at radius 1 is 1.04 bits per heavy atom. The van der Waals surface area contributed by atoms with Crippen molar-refractivity contribution < 1.29 is 22.7 Å². The van der Waals surface area contributed by atoms with Crippen molar-refractivity contribution in [3.63, 3.8) is 0 Å². The number of hydrogen-bond donors (Lipinski definition) is 0. The Kier molecular flexibility index (Phi) is 5.42. The van der Waals surface area contributed by atoms with Gasteiger partial charge in [-0.1, -0.05) is 0 Å². The maximum absolute atomic E-state index is 12.9. The first-order chi connectivity index (χ1) is 11.9. The van der Waals surface area contributed by atoms with Crippen molar-refractivity contribution in [3.8, 4) is 0 Å². The van der Waals surface area contributed by atoms with E-state index >= 15 is 0 Å². The normalized spacial score (nSPS) is 20.0. The first-order valence-electron chi connectivity index (χ1n) is 8.38. The Hall–Kier alpha value is -1.49. The van der Waals surface area contributed by atoms with Gasteiger partial charge in [-0.3, -0.25) is 9.48 Å². The van der Waals surface area contributed by atoms with E-state index in [2.05, 4.69) is 5.10 Å². The van der Waals surface area contributed by atoms with Gasteiger partial charge in [0.15, 0.2) is 0 Å². The molecule has 0 saturated carbocycles. The fourth-order valence-corrected chi connectivity index (χ4v) is 4.95. The van der Waals surface area contributed by atoms with E-state index in [0.29, 0.717) is 64.0 Å². The summed E-state index contributed by atoms with van der Waals surface area (Å²) in [6, 6.07) is 0. The van der Waals surface area contributed by atoms with Crippen molar-refractivity contribution in [1.29, 1.82) is 0 Å². The van der Waals surface area contributed by atoms with Gasteiger partial charge in [0.1, 0.15) is 11.4 Å². The van der Waals surface area contributed by atoms with E-state index in [1.807, 2.05) is 0 Å². The molecule has 140 valence electrons. The van der Waals surface area contributed by atoms with Crippen molar-refractivity contribution >= 4 is 15.9 Å². The zero-order valence-corrected chi connectivity index (χ0v) is 15.4. The molecule has 2 saturated heterocycles. The predicted molar refractivity (Wildman–Crippen MR) is 88.7 cm³/mol. The van der Waals surface area contributed by atoms with E-state index in [0.717, 1.165) is 0 Å². The molecule has 0 radical (unpaired) electrons. The standard InChI is InChI=1S/C15H24N4O5S/c1-12-15(25(21,22)18-5-9-24-10-6-18)13(2)19(16-12)11-14(20)17-3-7-23-8-4-17/h3-11H2,1-2H3. The van der Waals surface area contributed by atoms with E-state index in [4.69, 9.17) is 9.47 Å². The summed E-state index contributed by atoms with van der Waals surface area (Å²) in [4.78, 5) is 14.3. The van der Waals surface area contributed by atoms with Crippen molar-refractivity contribution in [2.75, 3.05) is 52.6 Å². The second-order valence-electron chi connectivity index (χ2n) is 6.17. The van der Waals surface area contributed by atoms with Crippen LogP contribution in [0.2, 0.25) is 0 Å². The van der Waals surface area contributed by atoms with Crippen LogP contribution >= 0.6 is 0 Å². The van der Waals surface area contributed by atoms with Gasteiger partial charge in [0.2, 0.25) is 15.9 Å². The molecule has 1 amide bonds. The number of amides is 1. The van der Waals surface area contributed by atoms with Crippen LogP contribution in [0, 0.1) is 13.8 Å². The minimum absolute atomic E-state index is 0.0330. The summed E-state index contributed by atoms with van der Waals surface area (Å²) in [6.45, 7) is 6.99. The maximum atomic E-state index is 12.9. The van der Waals surface area contributed by atoms with Crippen LogP contribution in [0.4, 0.5) is 0 Å². The van der Waals surface area contributed by atoms with Crippen LogP contribution in [0.25, 0.3) is 0 Å². The number of carbonyl (C=O) groups is 1. The number of aryl methyl sites for hydroxylation is 1. The van der Waals surface area contributed by atoms with Gasteiger partial charge in [-0.2, -0.15) is 9.40 Å². The predicted octanol–water partition coefficient (Wildman–Crippen LogP) is -0.620. The molecule has 2 aliphatic heterocycles. The number of nitrogens with zero attached hydrogens (tertiary/aromatic N) is 4. The molecule has 0 aromatic carbocycles. The average molecular weight is 372 g/mol. The summed E-state index contributed by atoms with van der Waals surface area (Å²) in [6.07, 6.45) is 0. The molecule has 2 fully saturated rings. The minimum Gasteiger partial charge on any atom is -0.379 e. The Morgan fingerprint density at radius 2 is 1.60 bits per heavy atom. The Morgan fingerprint density at radius 3 is 2.20 bits per heavy atom. The lowest BCUT2D eigenvalue weighted by atomic mass is 10.3. The lowest BCUT2D eigenvalue weighted by molar-refractivity contribution is -0.136. The summed E-state index contributed by atoms with van der Waals surface area (Å²) in [5.74, 6) is -0.0794. The van der Waals surface area contributed by atoms with Crippen LogP contribution in [0.5, 0.6) is 0 Å². The first kappa shape index (κ1) is 18.3. The topological polar surface area (TPSA) is 94.0 Å². The molecule has 10 heteroatoms. The third-order valence-corrected chi connectivity index (χ3v) is 6.68. The van der Waals surface area contributed by atoms with E-state index in [9.17, 15) is 13.2 Å². The smallest absolute Gasteiger partial charge is 0.246 e. The van der Waals surface area contributed by atoms with E-state index in [1.54, 1.807) is 18.7 Å². The number of aromatic nitrogens is 2. The molecule has 2 aliphatic rings. The summed E-state index contributed by atoms with van der Waals surface area (Å²) < 4.78 is 39.3. The van der Waals surface area contributed by atoms with Crippen molar-refractivity contribution in [3.05, 3.63) is 11.4 Å². The van der Waals surface area contributed by atoms with Gasteiger partial charge >= 0.3 is 0 Å². The average Bonchev–Trinajstić information content (AvgIpc) is 2.90. The second-order valence-corrected chi connectivity index (χ2v) is 8.04. The first-order valence-corrected chi connectivity index (χ1v) is 9.82. The largest absolute Gasteiger partial charge is 0.379 e. The second kappa shape index (κ2) is 7.40. The molecule has 0 aliphatic carbocycles. The highest BCUT2D eigenvalue weighted by molar-refractivity contribution is 7.89. The Balaban J connectivity index is 1.81. The highest BCUT2D eigenvalue weighted by Crippen LogP contribution is 2.24. The monoisotopic (exact) mass is 372 g/mol. The summed E-state index contributed by atoms with van der Waals surface area (Å²) in [7, 11) is -3.64. The molecule has 3 rings (SSSR count). The molecule has 0 N–H and O–H groups in total. The van der Waals surface area contributed by atoms with Crippen LogP contribution in [0.1, 0.15) is 11.4 Å². The number of sulfonamides is 1. The zero-order valence-electron chi connectivity index (χ0n) is 14.6. The van der Waals surface area contributed by atoms with E-state index in [-0.39, 0.29) is 17.3 Å². The molecule has 0 spiro atoms. The molecular weight excluding hydrogens is 348 g/mol. The fraction of sp³-hybridized carbons (Fsp3) is 0.733. The van der Waals surface area contributed by atoms with E-state index < -0.39 is 10.0 Å². The van der Waals surface area contributed by atoms with Crippen LogP contribution in [0.15, 0.2) is 4.90 Å². The van der Waals surface area contributed by atoms with Gasteiger partial charge in [-0.15, -0.1) is 0 Å². The van der Waals surface area contributed by atoms with Crippen LogP contribution in [-0.2, 0) is 30.8 Å².